The third kappa shape index (κ3) is 5.14. The molecular weight excluding hydrogens is 292 g/mol. The lowest BCUT2D eigenvalue weighted by atomic mass is 10.0. The topological polar surface area (TPSA) is 81.4 Å². The Labute approximate surface area is 135 Å². The van der Waals surface area contributed by atoms with E-state index in [9.17, 15) is 9.59 Å². The summed E-state index contributed by atoms with van der Waals surface area (Å²) in [5.74, 6) is -0.0479. The van der Waals surface area contributed by atoms with Gasteiger partial charge in [-0.3, -0.25) is 9.59 Å². The largest absolute Gasteiger partial charge is 0.497 e. The maximum absolute atomic E-state index is 12.1. The molecule has 3 N–H and O–H groups in total. The van der Waals surface area contributed by atoms with Crippen LogP contribution in [0.25, 0.3) is 0 Å². The summed E-state index contributed by atoms with van der Waals surface area (Å²) in [7, 11) is 1.59. The van der Waals surface area contributed by atoms with E-state index in [-0.39, 0.29) is 12.3 Å². The predicted molar refractivity (Wildman–Crippen MR) is 88.0 cm³/mol. The number of primary amides is 1. The van der Waals surface area contributed by atoms with Crippen molar-refractivity contribution < 1.29 is 14.3 Å². The van der Waals surface area contributed by atoms with E-state index in [1.54, 1.807) is 19.2 Å². The SMILES string of the molecule is COc1ccc(C[C@@H](NC(=O)Cc2ccccc2)C(N)=O)cc1. The quantitative estimate of drug-likeness (QED) is 0.812. The van der Waals surface area contributed by atoms with Crippen molar-refractivity contribution >= 4 is 11.8 Å². The second-order valence-electron chi connectivity index (χ2n) is 5.24. The third-order valence-electron chi connectivity index (χ3n) is 3.49. The van der Waals surface area contributed by atoms with Gasteiger partial charge in [0, 0.05) is 6.42 Å². The van der Waals surface area contributed by atoms with E-state index in [1.165, 1.54) is 0 Å². The molecule has 5 nitrogen and oxygen atoms in total. The average Bonchev–Trinajstić information content (AvgIpc) is 2.55. The van der Waals surface area contributed by atoms with Crippen LogP contribution in [-0.4, -0.2) is 25.0 Å². The van der Waals surface area contributed by atoms with Gasteiger partial charge in [0.15, 0.2) is 0 Å². The van der Waals surface area contributed by atoms with Gasteiger partial charge in [-0.1, -0.05) is 42.5 Å². The molecule has 0 spiro atoms. The molecule has 0 heterocycles. The highest BCUT2D eigenvalue weighted by Crippen LogP contribution is 2.12. The summed E-state index contributed by atoms with van der Waals surface area (Å²) < 4.78 is 5.09. The summed E-state index contributed by atoms with van der Waals surface area (Å²) in [5, 5.41) is 2.70. The number of rotatable bonds is 7. The van der Waals surface area contributed by atoms with Gasteiger partial charge in [-0.15, -0.1) is 0 Å². The van der Waals surface area contributed by atoms with E-state index in [1.807, 2.05) is 42.5 Å². The lowest BCUT2D eigenvalue weighted by molar-refractivity contribution is -0.127. The number of benzene rings is 2. The summed E-state index contributed by atoms with van der Waals surface area (Å²) in [6, 6.07) is 15.9. The summed E-state index contributed by atoms with van der Waals surface area (Å²) in [6.45, 7) is 0. The van der Waals surface area contributed by atoms with E-state index in [2.05, 4.69) is 5.32 Å². The molecule has 0 aliphatic heterocycles. The number of hydrogen-bond donors (Lipinski definition) is 2. The van der Waals surface area contributed by atoms with Crippen molar-refractivity contribution in [1.29, 1.82) is 0 Å². The number of nitrogens with two attached hydrogens (primary N) is 1. The molecule has 0 aliphatic rings. The van der Waals surface area contributed by atoms with E-state index in [0.29, 0.717) is 6.42 Å². The Morgan fingerprint density at radius 3 is 2.26 bits per heavy atom. The van der Waals surface area contributed by atoms with E-state index in [0.717, 1.165) is 16.9 Å². The minimum Gasteiger partial charge on any atom is -0.497 e. The zero-order chi connectivity index (χ0) is 16.7. The first kappa shape index (κ1) is 16.5. The van der Waals surface area contributed by atoms with Gasteiger partial charge < -0.3 is 15.8 Å². The van der Waals surface area contributed by atoms with Crippen molar-refractivity contribution in [3.63, 3.8) is 0 Å². The van der Waals surface area contributed by atoms with Crippen LogP contribution in [0.3, 0.4) is 0 Å². The van der Waals surface area contributed by atoms with Crippen molar-refractivity contribution in [3.8, 4) is 5.75 Å². The lowest BCUT2D eigenvalue weighted by Crippen LogP contribution is -2.46. The molecule has 0 saturated carbocycles. The Hall–Kier alpha value is -2.82. The van der Waals surface area contributed by atoms with Crippen LogP contribution in [0.15, 0.2) is 54.6 Å². The molecule has 2 amide bonds. The molecule has 0 aromatic heterocycles. The zero-order valence-corrected chi connectivity index (χ0v) is 13.0. The molecule has 120 valence electrons. The first-order valence-electron chi connectivity index (χ1n) is 7.34. The maximum Gasteiger partial charge on any atom is 0.240 e. The molecule has 1 atom stereocenters. The van der Waals surface area contributed by atoms with Gasteiger partial charge in [0.1, 0.15) is 11.8 Å². The van der Waals surface area contributed by atoms with Gasteiger partial charge in [-0.2, -0.15) is 0 Å². The van der Waals surface area contributed by atoms with Crippen LogP contribution in [0.5, 0.6) is 5.75 Å². The Morgan fingerprint density at radius 2 is 1.70 bits per heavy atom. The second-order valence-corrected chi connectivity index (χ2v) is 5.24. The van der Waals surface area contributed by atoms with Gasteiger partial charge in [-0.05, 0) is 23.3 Å². The maximum atomic E-state index is 12.1. The molecule has 5 heteroatoms. The van der Waals surface area contributed by atoms with Crippen molar-refractivity contribution in [2.75, 3.05) is 7.11 Å². The van der Waals surface area contributed by atoms with Gasteiger partial charge in [-0.25, -0.2) is 0 Å². The fourth-order valence-corrected chi connectivity index (χ4v) is 2.25. The van der Waals surface area contributed by atoms with Crippen LogP contribution in [0.2, 0.25) is 0 Å². The molecule has 0 saturated heterocycles. The van der Waals surface area contributed by atoms with Crippen LogP contribution in [0.4, 0.5) is 0 Å². The van der Waals surface area contributed by atoms with Gasteiger partial charge in [0.05, 0.1) is 13.5 Å². The molecule has 0 radical (unpaired) electrons. The number of nitrogens with one attached hydrogen (secondary N) is 1. The fraction of sp³-hybridized carbons (Fsp3) is 0.222. The third-order valence-corrected chi connectivity index (χ3v) is 3.49. The number of carbonyl (C=O) groups excluding carboxylic acids is 2. The van der Waals surface area contributed by atoms with Crippen LogP contribution < -0.4 is 15.8 Å². The molecule has 2 rings (SSSR count). The van der Waals surface area contributed by atoms with Gasteiger partial charge in [0.2, 0.25) is 11.8 Å². The minimum atomic E-state index is -0.736. The molecule has 0 unspecified atom stereocenters. The average molecular weight is 312 g/mol. The highest BCUT2D eigenvalue weighted by molar-refractivity contribution is 5.87. The molecule has 0 fully saturated rings. The standard InChI is InChI=1S/C18H20N2O3/c1-23-15-9-7-14(8-10-15)11-16(18(19)22)20-17(21)12-13-5-3-2-4-6-13/h2-10,16H,11-12H2,1H3,(H2,19,22)(H,20,21)/t16-/m1/s1. The van der Waals surface area contributed by atoms with Crippen LogP contribution in [0.1, 0.15) is 11.1 Å². The van der Waals surface area contributed by atoms with Gasteiger partial charge >= 0.3 is 0 Å². The summed E-state index contributed by atoms with van der Waals surface area (Å²) in [5.41, 5.74) is 7.19. The Morgan fingerprint density at radius 1 is 1.04 bits per heavy atom. The summed E-state index contributed by atoms with van der Waals surface area (Å²) in [6.07, 6.45) is 0.563. The minimum absolute atomic E-state index is 0.216. The molecule has 23 heavy (non-hydrogen) atoms. The number of carbonyl (C=O) groups is 2. The van der Waals surface area contributed by atoms with Crippen LogP contribution in [-0.2, 0) is 22.4 Å². The van der Waals surface area contributed by atoms with E-state index >= 15 is 0 Å². The van der Waals surface area contributed by atoms with Crippen molar-refractivity contribution in [3.05, 3.63) is 65.7 Å². The van der Waals surface area contributed by atoms with Crippen molar-refractivity contribution in [2.24, 2.45) is 5.73 Å². The Balaban J connectivity index is 1.97. The van der Waals surface area contributed by atoms with Crippen molar-refractivity contribution in [2.45, 2.75) is 18.9 Å². The lowest BCUT2D eigenvalue weighted by Gasteiger charge is -2.16. The number of hydrogen-bond acceptors (Lipinski definition) is 3. The molecule has 0 aliphatic carbocycles. The number of ether oxygens (including phenoxy) is 1. The van der Waals surface area contributed by atoms with E-state index in [4.69, 9.17) is 10.5 Å². The predicted octanol–water partition coefficient (Wildman–Crippen LogP) is 1.45. The van der Waals surface area contributed by atoms with Crippen LogP contribution >= 0.6 is 0 Å². The fourth-order valence-electron chi connectivity index (χ4n) is 2.25. The highest BCUT2D eigenvalue weighted by atomic mass is 16.5. The van der Waals surface area contributed by atoms with Crippen molar-refractivity contribution in [1.82, 2.24) is 5.32 Å². The monoisotopic (exact) mass is 312 g/mol. The normalized spacial score (nSPS) is 11.5. The zero-order valence-electron chi connectivity index (χ0n) is 13.0. The molecule has 2 aromatic carbocycles. The smallest absolute Gasteiger partial charge is 0.240 e. The summed E-state index contributed by atoms with van der Waals surface area (Å²) >= 11 is 0. The molecule has 2 aromatic rings. The summed E-state index contributed by atoms with van der Waals surface area (Å²) in [4.78, 5) is 23.7. The Kier molecular flexibility index (Phi) is 5.74. The molecule has 0 bridgehead atoms. The van der Waals surface area contributed by atoms with Crippen LogP contribution in [0, 0.1) is 0 Å². The first-order valence-corrected chi connectivity index (χ1v) is 7.34. The Bertz CT molecular complexity index is 654. The molecular formula is C18H20N2O3. The highest BCUT2D eigenvalue weighted by Gasteiger charge is 2.18. The van der Waals surface area contributed by atoms with Gasteiger partial charge in [0.25, 0.3) is 0 Å². The number of amides is 2. The number of methoxy groups -OCH3 is 1. The first-order chi connectivity index (χ1) is 11.1. The second kappa shape index (κ2) is 7.98. The van der Waals surface area contributed by atoms with E-state index < -0.39 is 11.9 Å².